The molecule has 0 aliphatic heterocycles. The van der Waals surface area contributed by atoms with Gasteiger partial charge in [0.2, 0.25) is 0 Å². The standard InChI is InChI=1S/C10H12N4OS/c1-5-3-16-4-7(5)10(15)12-9-8(11)6(2)13-14-9/h3-4H,11H2,1-2H3,(H2,12,13,14,15). The Morgan fingerprint density at radius 2 is 2.25 bits per heavy atom. The maximum atomic E-state index is 11.8. The lowest BCUT2D eigenvalue weighted by molar-refractivity contribution is 0.102. The number of amides is 1. The smallest absolute Gasteiger partial charge is 0.258 e. The number of nitrogens with one attached hydrogen (secondary N) is 2. The lowest BCUT2D eigenvalue weighted by Crippen LogP contribution is -2.13. The Morgan fingerprint density at radius 1 is 1.50 bits per heavy atom. The summed E-state index contributed by atoms with van der Waals surface area (Å²) >= 11 is 1.49. The van der Waals surface area contributed by atoms with E-state index >= 15 is 0 Å². The molecule has 5 nitrogen and oxygen atoms in total. The Balaban J connectivity index is 2.20. The third kappa shape index (κ3) is 1.79. The zero-order valence-electron chi connectivity index (χ0n) is 9.00. The number of thiophene rings is 1. The molecule has 0 aliphatic carbocycles. The van der Waals surface area contributed by atoms with E-state index in [1.54, 1.807) is 12.3 Å². The zero-order chi connectivity index (χ0) is 11.7. The number of nitrogens with zero attached hydrogens (tertiary/aromatic N) is 1. The Labute approximate surface area is 96.7 Å². The van der Waals surface area contributed by atoms with Gasteiger partial charge in [0, 0.05) is 5.38 Å². The molecule has 2 aromatic rings. The van der Waals surface area contributed by atoms with Crippen molar-refractivity contribution in [3.05, 3.63) is 27.6 Å². The quantitative estimate of drug-likeness (QED) is 0.744. The number of nitrogens with two attached hydrogens (primary N) is 1. The van der Waals surface area contributed by atoms with Crippen LogP contribution in [0.2, 0.25) is 0 Å². The van der Waals surface area contributed by atoms with Gasteiger partial charge >= 0.3 is 0 Å². The van der Waals surface area contributed by atoms with E-state index in [0.717, 1.165) is 11.3 Å². The van der Waals surface area contributed by atoms with E-state index < -0.39 is 0 Å². The molecule has 0 fully saturated rings. The number of H-pyrrole nitrogens is 1. The molecule has 0 aliphatic rings. The minimum atomic E-state index is -0.183. The molecule has 0 spiro atoms. The van der Waals surface area contributed by atoms with Crippen LogP contribution in [-0.4, -0.2) is 16.1 Å². The van der Waals surface area contributed by atoms with Crippen LogP contribution in [0, 0.1) is 13.8 Å². The number of rotatable bonds is 2. The van der Waals surface area contributed by atoms with Crippen molar-refractivity contribution >= 4 is 28.7 Å². The summed E-state index contributed by atoms with van der Waals surface area (Å²) in [5.74, 6) is 0.199. The van der Waals surface area contributed by atoms with E-state index in [1.165, 1.54) is 11.3 Å². The molecular weight excluding hydrogens is 224 g/mol. The summed E-state index contributed by atoms with van der Waals surface area (Å²) in [7, 11) is 0. The lowest BCUT2D eigenvalue weighted by atomic mass is 10.2. The normalized spacial score (nSPS) is 10.4. The summed E-state index contributed by atoms with van der Waals surface area (Å²) in [5.41, 5.74) is 8.57. The van der Waals surface area contributed by atoms with Gasteiger partial charge in [0.05, 0.1) is 16.9 Å². The first-order valence-corrected chi connectivity index (χ1v) is 5.68. The summed E-state index contributed by atoms with van der Waals surface area (Å²) in [6, 6.07) is 0. The minimum Gasteiger partial charge on any atom is -0.394 e. The zero-order valence-corrected chi connectivity index (χ0v) is 9.81. The molecule has 0 bridgehead atoms. The molecule has 0 saturated heterocycles. The van der Waals surface area contributed by atoms with Gasteiger partial charge in [0.25, 0.3) is 5.91 Å². The number of carbonyl (C=O) groups is 1. The second kappa shape index (κ2) is 3.97. The maximum Gasteiger partial charge on any atom is 0.258 e. The van der Waals surface area contributed by atoms with Crippen LogP contribution in [0.15, 0.2) is 10.8 Å². The van der Waals surface area contributed by atoms with Crippen molar-refractivity contribution in [1.29, 1.82) is 0 Å². The molecule has 16 heavy (non-hydrogen) atoms. The highest BCUT2D eigenvalue weighted by molar-refractivity contribution is 7.08. The van der Waals surface area contributed by atoms with Gasteiger partial charge in [-0.3, -0.25) is 9.89 Å². The molecule has 0 saturated carbocycles. The van der Waals surface area contributed by atoms with Crippen molar-refractivity contribution in [2.24, 2.45) is 0 Å². The predicted molar refractivity (Wildman–Crippen MR) is 64.7 cm³/mol. The number of hydrogen-bond acceptors (Lipinski definition) is 4. The Hall–Kier alpha value is -1.82. The highest BCUT2D eigenvalue weighted by Crippen LogP contribution is 2.20. The third-order valence-electron chi connectivity index (χ3n) is 2.33. The first-order valence-electron chi connectivity index (χ1n) is 4.74. The fraction of sp³-hybridized carbons (Fsp3) is 0.200. The van der Waals surface area contributed by atoms with Gasteiger partial charge in [0.15, 0.2) is 5.82 Å². The van der Waals surface area contributed by atoms with Crippen LogP contribution in [0.5, 0.6) is 0 Å². The summed E-state index contributed by atoms with van der Waals surface area (Å²) in [5, 5.41) is 13.0. The Morgan fingerprint density at radius 3 is 2.75 bits per heavy atom. The molecular formula is C10H12N4OS. The van der Waals surface area contributed by atoms with Crippen LogP contribution < -0.4 is 11.1 Å². The van der Waals surface area contributed by atoms with Crippen molar-refractivity contribution in [2.45, 2.75) is 13.8 Å². The first-order chi connectivity index (χ1) is 7.59. The number of aromatic nitrogens is 2. The molecule has 0 radical (unpaired) electrons. The number of aryl methyl sites for hydroxylation is 2. The number of carbonyl (C=O) groups excluding carboxylic acids is 1. The van der Waals surface area contributed by atoms with Gasteiger partial charge in [-0.15, -0.1) is 0 Å². The van der Waals surface area contributed by atoms with Crippen LogP contribution in [0.4, 0.5) is 11.5 Å². The monoisotopic (exact) mass is 236 g/mol. The van der Waals surface area contributed by atoms with Gasteiger partial charge in [-0.2, -0.15) is 16.4 Å². The SMILES string of the molecule is Cc1cscc1C(=O)Nc1n[nH]c(C)c1N. The Kier molecular flexibility index (Phi) is 2.66. The van der Waals surface area contributed by atoms with Crippen molar-refractivity contribution in [2.75, 3.05) is 11.1 Å². The largest absolute Gasteiger partial charge is 0.394 e. The summed E-state index contributed by atoms with van der Waals surface area (Å²) < 4.78 is 0. The van der Waals surface area contributed by atoms with Crippen molar-refractivity contribution < 1.29 is 4.79 Å². The molecule has 0 unspecified atom stereocenters. The van der Waals surface area contributed by atoms with Crippen molar-refractivity contribution in [1.82, 2.24) is 10.2 Å². The minimum absolute atomic E-state index is 0.183. The topological polar surface area (TPSA) is 83.8 Å². The van der Waals surface area contributed by atoms with E-state index in [-0.39, 0.29) is 5.91 Å². The van der Waals surface area contributed by atoms with E-state index in [9.17, 15) is 4.79 Å². The van der Waals surface area contributed by atoms with E-state index in [2.05, 4.69) is 15.5 Å². The molecule has 2 rings (SSSR count). The summed E-state index contributed by atoms with van der Waals surface area (Å²) in [4.78, 5) is 11.8. The fourth-order valence-electron chi connectivity index (χ4n) is 1.30. The van der Waals surface area contributed by atoms with Crippen LogP contribution >= 0.6 is 11.3 Å². The van der Waals surface area contributed by atoms with Crippen molar-refractivity contribution in [3.63, 3.8) is 0 Å². The van der Waals surface area contributed by atoms with Crippen LogP contribution in [0.3, 0.4) is 0 Å². The van der Waals surface area contributed by atoms with Crippen molar-refractivity contribution in [3.8, 4) is 0 Å². The number of hydrogen-bond donors (Lipinski definition) is 3. The average Bonchev–Trinajstić information content (AvgIpc) is 2.79. The molecule has 0 aromatic carbocycles. The van der Waals surface area contributed by atoms with E-state index in [1.807, 2.05) is 12.3 Å². The van der Waals surface area contributed by atoms with Crippen LogP contribution in [0.1, 0.15) is 21.6 Å². The second-order valence-electron chi connectivity index (χ2n) is 3.53. The number of anilines is 2. The number of nitrogen functional groups attached to an aromatic ring is 1. The molecule has 2 heterocycles. The maximum absolute atomic E-state index is 11.8. The van der Waals surface area contributed by atoms with E-state index in [4.69, 9.17) is 5.73 Å². The second-order valence-corrected chi connectivity index (χ2v) is 4.28. The average molecular weight is 236 g/mol. The van der Waals surface area contributed by atoms with Gasteiger partial charge in [-0.1, -0.05) is 0 Å². The Bertz CT molecular complexity index is 529. The van der Waals surface area contributed by atoms with Gasteiger partial charge in [-0.25, -0.2) is 0 Å². The predicted octanol–water partition coefficient (Wildman–Crippen LogP) is 1.92. The molecule has 1 amide bonds. The summed E-state index contributed by atoms with van der Waals surface area (Å²) in [6.07, 6.45) is 0. The highest BCUT2D eigenvalue weighted by atomic mass is 32.1. The fourth-order valence-corrected chi connectivity index (χ4v) is 2.13. The van der Waals surface area contributed by atoms with Gasteiger partial charge < -0.3 is 11.1 Å². The third-order valence-corrected chi connectivity index (χ3v) is 3.19. The highest BCUT2D eigenvalue weighted by Gasteiger charge is 2.13. The van der Waals surface area contributed by atoms with Crippen LogP contribution in [0.25, 0.3) is 0 Å². The van der Waals surface area contributed by atoms with Crippen LogP contribution in [-0.2, 0) is 0 Å². The molecule has 2 aromatic heterocycles. The summed E-state index contributed by atoms with van der Waals surface area (Å²) in [6.45, 7) is 3.69. The molecule has 4 N–H and O–H groups in total. The molecule has 0 atom stereocenters. The van der Waals surface area contributed by atoms with E-state index in [0.29, 0.717) is 17.1 Å². The van der Waals surface area contributed by atoms with Gasteiger partial charge in [0.1, 0.15) is 0 Å². The molecule has 6 heteroatoms. The first kappa shape index (κ1) is 10.7. The number of aromatic amines is 1. The molecule has 84 valence electrons. The lowest BCUT2D eigenvalue weighted by Gasteiger charge is -2.02. The van der Waals surface area contributed by atoms with Gasteiger partial charge in [-0.05, 0) is 24.8 Å².